The number of amides is 3. The molecule has 206 valence electrons. The molecule has 3 amide bonds. The summed E-state index contributed by atoms with van der Waals surface area (Å²) in [6, 6.07) is 3.98. The Balaban J connectivity index is 1.44. The summed E-state index contributed by atoms with van der Waals surface area (Å²) in [5, 5.41) is 24.7. The van der Waals surface area contributed by atoms with Crippen LogP contribution in [-0.2, 0) is 9.84 Å². The van der Waals surface area contributed by atoms with Gasteiger partial charge in [-0.25, -0.2) is 26.4 Å². The molecule has 2 aromatic carbocycles. The predicted molar refractivity (Wildman–Crippen MR) is 131 cm³/mol. The molecular formula is C24H25ClF3N3O6S. The van der Waals surface area contributed by atoms with Crippen LogP contribution < -0.4 is 16.0 Å². The van der Waals surface area contributed by atoms with Crippen molar-refractivity contribution in [3.63, 3.8) is 0 Å². The highest BCUT2D eigenvalue weighted by Gasteiger charge is 2.51. The minimum absolute atomic E-state index is 0.101. The maximum absolute atomic E-state index is 13.5. The first kappa shape index (κ1) is 28.1. The SMILES string of the molecule is O=C(NCC(O)CO)NC1C2CC1CC(S(=O)(=O)c1cc(C(=O)Nc3cc(F)c(F)c(F)c3)ccc1Cl)C2. The van der Waals surface area contributed by atoms with Gasteiger partial charge in [0.25, 0.3) is 5.91 Å². The van der Waals surface area contributed by atoms with Crippen LogP contribution in [0, 0.1) is 29.3 Å². The summed E-state index contributed by atoms with van der Waals surface area (Å²) in [5.41, 5.74) is -0.494. The van der Waals surface area contributed by atoms with Crippen LogP contribution in [0.3, 0.4) is 0 Å². The zero-order chi connectivity index (χ0) is 27.8. The molecule has 38 heavy (non-hydrogen) atoms. The summed E-state index contributed by atoms with van der Waals surface area (Å²) in [4.78, 5) is 24.5. The van der Waals surface area contributed by atoms with E-state index in [1.54, 1.807) is 0 Å². The second-order valence-corrected chi connectivity index (χ2v) is 12.1. The van der Waals surface area contributed by atoms with Crippen molar-refractivity contribution in [1.82, 2.24) is 10.6 Å². The molecule has 3 unspecified atom stereocenters. The monoisotopic (exact) mass is 575 g/mol. The van der Waals surface area contributed by atoms with E-state index in [0.717, 1.165) is 12.5 Å². The molecule has 3 aliphatic rings. The van der Waals surface area contributed by atoms with Crippen molar-refractivity contribution in [1.29, 1.82) is 0 Å². The number of anilines is 1. The van der Waals surface area contributed by atoms with Crippen LogP contribution in [0.15, 0.2) is 35.2 Å². The summed E-state index contributed by atoms with van der Waals surface area (Å²) in [5.74, 6) is -5.76. The summed E-state index contributed by atoms with van der Waals surface area (Å²) in [6.07, 6.45) is 0.155. The smallest absolute Gasteiger partial charge is 0.315 e. The number of fused-ring (bicyclic) bond motifs is 2. The number of carbonyl (C=O) groups is 2. The van der Waals surface area contributed by atoms with Gasteiger partial charge in [-0.3, -0.25) is 4.79 Å². The third-order valence-electron chi connectivity index (χ3n) is 6.94. The minimum Gasteiger partial charge on any atom is -0.394 e. The highest BCUT2D eigenvalue weighted by atomic mass is 35.5. The Morgan fingerprint density at radius 1 is 1.05 bits per heavy atom. The zero-order valence-corrected chi connectivity index (χ0v) is 21.3. The molecule has 0 aromatic heterocycles. The molecule has 14 heteroatoms. The second-order valence-electron chi connectivity index (χ2n) is 9.46. The van der Waals surface area contributed by atoms with Crippen LogP contribution in [0.25, 0.3) is 0 Å². The van der Waals surface area contributed by atoms with Gasteiger partial charge >= 0.3 is 6.03 Å². The predicted octanol–water partition coefficient (Wildman–Crippen LogP) is 2.60. The van der Waals surface area contributed by atoms with Gasteiger partial charge in [0, 0.05) is 36.0 Å². The molecule has 0 aliphatic heterocycles. The Morgan fingerprint density at radius 3 is 2.29 bits per heavy atom. The van der Waals surface area contributed by atoms with Crippen molar-refractivity contribution in [2.45, 2.75) is 41.6 Å². The molecule has 3 aliphatic carbocycles. The summed E-state index contributed by atoms with van der Waals surface area (Å²) in [6.45, 7) is -0.627. The number of sulfone groups is 1. The largest absolute Gasteiger partial charge is 0.394 e. The zero-order valence-electron chi connectivity index (χ0n) is 19.8. The van der Waals surface area contributed by atoms with Crippen LogP contribution in [-0.4, -0.2) is 61.1 Å². The Kier molecular flexibility index (Phi) is 8.21. The summed E-state index contributed by atoms with van der Waals surface area (Å²) < 4.78 is 67.1. The average Bonchev–Trinajstić information content (AvgIpc) is 2.88. The van der Waals surface area contributed by atoms with Gasteiger partial charge in [-0.1, -0.05) is 11.6 Å². The number of urea groups is 1. The molecule has 9 nitrogen and oxygen atoms in total. The molecule has 3 atom stereocenters. The molecule has 5 rings (SSSR count). The molecule has 3 fully saturated rings. The Labute approximate surface area is 221 Å². The first-order valence-electron chi connectivity index (χ1n) is 11.7. The van der Waals surface area contributed by atoms with Gasteiger partial charge < -0.3 is 26.2 Å². The number of aliphatic hydroxyl groups excluding tert-OH is 2. The molecule has 3 saturated carbocycles. The molecule has 0 radical (unpaired) electrons. The van der Waals surface area contributed by atoms with Gasteiger partial charge in [0.1, 0.15) is 0 Å². The number of aliphatic hydroxyl groups is 2. The molecule has 0 spiro atoms. The lowest BCUT2D eigenvalue weighted by atomic mass is 9.61. The van der Waals surface area contributed by atoms with Gasteiger partial charge in [-0.2, -0.15) is 0 Å². The maximum atomic E-state index is 13.5. The quantitative estimate of drug-likeness (QED) is 0.306. The summed E-state index contributed by atoms with van der Waals surface area (Å²) in [7, 11) is -3.99. The molecule has 0 saturated heterocycles. The van der Waals surface area contributed by atoms with Crippen LogP contribution in [0.1, 0.15) is 29.6 Å². The lowest BCUT2D eigenvalue weighted by molar-refractivity contribution is 0.0572. The van der Waals surface area contributed by atoms with Crippen LogP contribution in [0.2, 0.25) is 5.02 Å². The van der Waals surface area contributed by atoms with Crippen LogP contribution >= 0.6 is 11.6 Å². The first-order valence-corrected chi connectivity index (χ1v) is 13.7. The van der Waals surface area contributed by atoms with E-state index in [1.807, 2.05) is 0 Å². The lowest BCUT2D eigenvalue weighted by Gasteiger charge is -2.52. The Morgan fingerprint density at radius 2 is 1.68 bits per heavy atom. The first-order chi connectivity index (χ1) is 17.9. The number of benzene rings is 2. The normalized spacial score (nSPS) is 23.2. The minimum atomic E-state index is -3.99. The number of hydrogen-bond acceptors (Lipinski definition) is 6. The molecule has 5 N–H and O–H groups in total. The van der Waals surface area contributed by atoms with Gasteiger partial charge in [-0.15, -0.1) is 0 Å². The Hall–Kier alpha value is -2.87. The average molecular weight is 576 g/mol. The van der Waals surface area contributed by atoms with Crippen molar-refractivity contribution >= 4 is 39.1 Å². The topological polar surface area (TPSA) is 145 Å². The van der Waals surface area contributed by atoms with Gasteiger partial charge in [0.05, 0.1) is 27.9 Å². The van der Waals surface area contributed by atoms with Gasteiger partial charge in [0.2, 0.25) is 0 Å². The third-order valence-corrected chi connectivity index (χ3v) is 9.59. The molecule has 2 aromatic rings. The number of halogens is 4. The van der Waals surface area contributed by atoms with Crippen molar-refractivity contribution in [3.8, 4) is 0 Å². The standard InChI is InChI=1S/C24H25ClF3N3O6S/c25-17-2-1-11(23(34)30-14-7-18(26)21(28)19(27)8-14)6-20(17)38(36,37)16-4-12-3-13(5-16)22(12)31-24(35)29-9-15(33)10-32/h1-2,6-8,12-13,15-16,22,32-33H,3-5,9-10H2,(H,30,34)(H2,29,31,35). The molecule has 0 heterocycles. The van der Waals surface area contributed by atoms with E-state index in [2.05, 4.69) is 16.0 Å². The fourth-order valence-corrected chi connectivity index (χ4v) is 7.40. The van der Waals surface area contributed by atoms with Crippen LogP contribution in [0.4, 0.5) is 23.7 Å². The van der Waals surface area contributed by atoms with Gasteiger partial charge in [-0.05, 0) is 49.3 Å². The van der Waals surface area contributed by atoms with E-state index in [9.17, 15) is 36.3 Å². The van der Waals surface area contributed by atoms with E-state index in [4.69, 9.17) is 16.7 Å². The fourth-order valence-electron chi connectivity index (χ4n) is 4.97. The maximum Gasteiger partial charge on any atom is 0.315 e. The number of carbonyl (C=O) groups excluding carboxylic acids is 2. The number of hydrogen-bond donors (Lipinski definition) is 5. The second kappa shape index (κ2) is 11.1. The van der Waals surface area contributed by atoms with Crippen molar-refractivity contribution < 1.29 is 41.4 Å². The Bertz CT molecular complexity index is 1330. The van der Waals surface area contributed by atoms with E-state index >= 15 is 0 Å². The number of nitrogens with one attached hydrogen (secondary N) is 3. The van der Waals surface area contributed by atoms with Crippen molar-refractivity contribution in [2.24, 2.45) is 11.8 Å². The number of rotatable bonds is 8. The van der Waals surface area contributed by atoms with Crippen molar-refractivity contribution in [3.05, 3.63) is 58.4 Å². The summed E-state index contributed by atoms with van der Waals surface area (Å²) >= 11 is 6.19. The van der Waals surface area contributed by atoms with Gasteiger partial charge in [0.15, 0.2) is 27.3 Å². The van der Waals surface area contributed by atoms with Crippen LogP contribution in [0.5, 0.6) is 0 Å². The van der Waals surface area contributed by atoms with E-state index in [-0.39, 0.29) is 58.4 Å². The molecular weight excluding hydrogens is 551 g/mol. The highest BCUT2D eigenvalue weighted by molar-refractivity contribution is 7.92. The van der Waals surface area contributed by atoms with E-state index in [1.165, 1.54) is 12.1 Å². The van der Waals surface area contributed by atoms with E-state index in [0.29, 0.717) is 12.1 Å². The van der Waals surface area contributed by atoms with Crippen molar-refractivity contribution in [2.75, 3.05) is 18.5 Å². The lowest BCUT2D eigenvalue weighted by Crippen LogP contribution is -2.61. The molecule has 2 bridgehead atoms. The van der Waals surface area contributed by atoms with E-state index < -0.39 is 57.2 Å². The fraction of sp³-hybridized carbons (Fsp3) is 0.417. The third kappa shape index (κ3) is 5.75. The highest BCUT2D eigenvalue weighted by Crippen LogP contribution is 2.49.